The number of aliphatic hydroxyl groups excluding tert-OH is 2. The fraction of sp³-hybridized carbons (Fsp3) is 0.604. The van der Waals surface area contributed by atoms with Crippen molar-refractivity contribution in [2.75, 3.05) is 14.2 Å². The van der Waals surface area contributed by atoms with Gasteiger partial charge in [0.25, 0.3) is 0 Å². The maximum atomic E-state index is 13.5. The number of carbonyl (C=O) groups excluding carboxylic acids is 1. The Morgan fingerprint density at radius 1 is 1.00 bits per heavy atom. The van der Waals surface area contributed by atoms with E-state index in [0.717, 1.165) is 16.7 Å². The summed E-state index contributed by atoms with van der Waals surface area (Å²) in [6.07, 6.45) is 22.3. The Bertz CT molecular complexity index is 2220. The van der Waals surface area contributed by atoms with E-state index < -0.39 is 54.5 Å². The molecule has 8 bridgehead atoms. The summed E-state index contributed by atoms with van der Waals surface area (Å²) >= 11 is 0. The molecule has 0 aliphatic carbocycles. The highest BCUT2D eigenvalue weighted by atomic mass is 16.6. The normalized spacial score (nSPS) is 36.2. The van der Waals surface area contributed by atoms with E-state index in [1.807, 2.05) is 58.1 Å². The molecule has 0 saturated carbocycles. The van der Waals surface area contributed by atoms with E-state index in [9.17, 15) is 20.1 Å². The maximum Gasteiger partial charge on any atom is 0.330 e. The monoisotopic (exact) mass is 942 g/mol. The molecule has 15 atom stereocenters. The third-order valence-corrected chi connectivity index (χ3v) is 13.7. The van der Waals surface area contributed by atoms with E-state index in [0.29, 0.717) is 75.1 Å². The number of terminal acetylenes is 1. The molecule has 0 radical (unpaired) electrons. The second-order valence-electron chi connectivity index (χ2n) is 19.3. The van der Waals surface area contributed by atoms with Crippen LogP contribution in [0.3, 0.4) is 0 Å². The number of fused-ring (bicyclic) bond motifs is 9. The number of allylic oxidation sites excluding steroid dienone is 2. The molecule has 5 aliphatic rings. The van der Waals surface area contributed by atoms with Crippen molar-refractivity contribution in [1.82, 2.24) is 9.97 Å². The van der Waals surface area contributed by atoms with Crippen LogP contribution in [0.4, 0.5) is 0 Å². The smallest absolute Gasteiger partial charge is 0.330 e. The van der Waals surface area contributed by atoms with Gasteiger partial charge in [-0.15, -0.1) is 12.3 Å². The fourth-order valence-corrected chi connectivity index (χ4v) is 10.3. The Hall–Kier alpha value is -4.47. The minimum atomic E-state index is -1.74. The third-order valence-electron chi connectivity index (χ3n) is 13.7. The number of hydrogen-bond acceptors (Lipinski definition) is 15. The largest absolute Gasteiger partial charge is 0.458 e. The molecule has 4 saturated heterocycles. The summed E-state index contributed by atoms with van der Waals surface area (Å²) in [6.45, 7) is 12.1. The lowest BCUT2D eigenvalue weighted by atomic mass is 9.79. The minimum absolute atomic E-state index is 0.0919. The molecule has 15 heteroatoms. The highest BCUT2D eigenvalue weighted by Crippen LogP contribution is 2.40. The van der Waals surface area contributed by atoms with Crippen LogP contribution < -0.4 is 0 Å². The fourth-order valence-electron chi connectivity index (χ4n) is 10.3. The van der Waals surface area contributed by atoms with Gasteiger partial charge in [0, 0.05) is 64.2 Å². The Morgan fingerprint density at radius 2 is 1.79 bits per heavy atom. The van der Waals surface area contributed by atoms with Gasteiger partial charge in [-0.3, -0.25) is 0 Å². The van der Waals surface area contributed by atoms with Crippen molar-refractivity contribution in [3.8, 4) is 12.3 Å². The van der Waals surface area contributed by atoms with E-state index >= 15 is 0 Å². The van der Waals surface area contributed by atoms with E-state index in [1.54, 1.807) is 32.6 Å². The van der Waals surface area contributed by atoms with Crippen LogP contribution >= 0.6 is 0 Å². The number of carbonyl (C=O) groups is 1. The summed E-state index contributed by atoms with van der Waals surface area (Å²) < 4.78 is 55.0. The number of methoxy groups -OCH3 is 2. The van der Waals surface area contributed by atoms with Gasteiger partial charge in [-0.2, -0.15) is 0 Å². The Kier molecular flexibility index (Phi) is 17.7. The molecule has 0 unspecified atom stereocenters. The Morgan fingerprint density at radius 3 is 2.57 bits per heavy atom. The van der Waals surface area contributed by atoms with Crippen LogP contribution in [0.25, 0.3) is 12.2 Å². The first kappa shape index (κ1) is 51.4. The molecule has 370 valence electrons. The summed E-state index contributed by atoms with van der Waals surface area (Å²) in [4.78, 5) is 23.0. The lowest BCUT2D eigenvalue weighted by Crippen LogP contribution is -2.51. The average Bonchev–Trinajstić information content (AvgIpc) is 3.95. The number of ether oxygens (including phenoxy) is 7. The second kappa shape index (κ2) is 23.4. The van der Waals surface area contributed by atoms with E-state index in [1.165, 1.54) is 12.3 Å². The standard InChI is InChI=1S/C53H70N2O13/c1-9-12-38(60-7)18-17-31(2)21-44(57)47-26-42(61-8)27-53(59,68-47)28-49-54-36(29-62-49)22-33(4)51-35(6)52-34(5)45(66-51)14-11-15-48-55-43(30-63-48)46-24-37(56)23-41(65-46)25-40-20-32(3)19-39(64-40)13-10-16-50(58)67-52/h1,10-11,15-18,21-22,29-30,34-35,37-42,44-47,51-52,56-57,59H,3,12-14,19-20,23-28H2,2,4-8H3/b15-11+,16-10-,18-17+,31-21+,33-22+/t34-,35+,37-,38+,39+,40-,41+,42+,44-,45-,46-,47+,51+,52-,53-/m0/s1. The van der Waals surface area contributed by atoms with Crippen molar-refractivity contribution in [3.63, 3.8) is 0 Å². The summed E-state index contributed by atoms with van der Waals surface area (Å²) in [5, 5.41) is 33.8. The van der Waals surface area contributed by atoms with Crippen molar-refractivity contribution in [3.05, 3.63) is 95.4 Å². The molecule has 0 aromatic carbocycles. The van der Waals surface area contributed by atoms with Gasteiger partial charge < -0.3 is 57.3 Å². The third kappa shape index (κ3) is 13.6. The zero-order valence-corrected chi connectivity index (χ0v) is 40.2. The SMILES string of the molecule is C#CC[C@H](/C=C/C(C)=C/[C@H](O)[C@H]1C[C@@H](OC)C[C@@](O)(Cc2nc(/C=C(\C)[C@H]3O[C@H]4C/C=C/c5nc(co5)[C@@H]5C[C@@H](O)C[C@H](C[C@@H]6CC(=C)C[C@@H](C/C=C\C(=O)O[C@@H]([C@H]4C)[C@@H]3C)O6)O5)co2)O1)OC. The van der Waals surface area contributed by atoms with Gasteiger partial charge in [-0.25, -0.2) is 14.8 Å². The number of esters is 1. The number of oxazole rings is 2. The molecule has 2 aromatic rings. The molecule has 5 aliphatic heterocycles. The van der Waals surface area contributed by atoms with Gasteiger partial charge in [0.15, 0.2) is 11.7 Å². The Balaban J connectivity index is 1.07. The molecule has 2 aromatic heterocycles. The van der Waals surface area contributed by atoms with Gasteiger partial charge in [0.2, 0.25) is 5.89 Å². The molecule has 4 fully saturated rings. The maximum absolute atomic E-state index is 13.5. The van der Waals surface area contributed by atoms with Crippen molar-refractivity contribution in [1.29, 1.82) is 0 Å². The highest BCUT2D eigenvalue weighted by molar-refractivity contribution is 5.82. The van der Waals surface area contributed by atoms with Crippen molar-refractivity contribution in [2.24, 2.45) is 11.8 Å². The number of rotatable bonds is 11. The molecule has 0 spiro atoms. The first-order chi connectivity index (χ1) is 32.6. The van der Waals surface area contributed by atoms with Crippen molar-refractivity contribution < 1.29 is 62.1 Å². The van der Waals surface area contributed by atoms with Gasteiger partial charge in [-0.05, 0) is 63.7 Å². The molecule has 15 nitrogen and oxygen atoms in total. The molecule has 7 heterocycles. The van der Waals surface area contributed by atoms with Gasteiger partial charge in [0.05, 0.1) is 67.5 Å². The average molecular weight is 943 g/mol. The summed E-state index contributed by atoms with van der Waals surface area (Å²) in [7, 11) is 3.15. The van der Waals surface area contributed by atoms with Crippen LogP contribution in [-0.2, 0) is 44.4 Å². The predicted octanol–water partition coefficient (Wildman–Crippen LogP) is 7.48. The molecule has 0 amide bonds. The summed E-state index contributed by atoms with van der Waals surface area (Å²) in [6, 6.07) is 0. The quantitative estimate of drug-likeness (QED) is 0.0868. The Labute approximate surface area is 400 Å². The minimum Gasteiger partial charge on any atom is -0.458 e. The summed E-state index contributed by atoms with van der Waals surface area (Å²) in [5.41, 5.74) is 3.81. The molecule has 68 heavy (non-hydrogen) atoms. The van der Waals surface area contributed by atoms with E-state index in [4.69, 9.17) is 58.4 Å². The highest BCUT2D eigenvalue weighted by Gasteiger charge is 2.45. The van der Waals surface area contributed by atoms with Crippen LogP contribution in [0, 0.1) is 24.2 Å². The van der Waals surface area contributed by atoms with E-state index in [-0.39, 0.29) is 61.1 Å². The molecule has 7 rings (SSSR count). The van der Waals surface area contributed by atoms with Crippen molar-refractivity contribution in [2.45, 2.75) is 177 Å². The zero-order chi connectivity index (χ0) is 48.5. The number of aromatic nitrogens is 2. The molecular weight excluding hydrogens is 873 g/mol. The van der Waals surface area contributed by atoms with Gasteiger partial charge >= 0.3 is 5.97 Å². The van der Waals surface area contributed by atoms with Crippen molar-refractivity contribution >= 4 is 18.1 Å². The second-order valence-corrected chi connectivity index (χ2v) is 19.3. The van der Waals surface area contributed by atoms with Crippen LogP contribution in [0.2, 0.25) is 0 Å². The van der Waals surface area contributed by atoms with Gasteiger partial charge in [-0.1, -0.05) is 62.0 Å². The van der Waals surface area contributed by atoms with Gasteiger partial charge in [0.1, 0.15) is 36.1 Å². The van der Waals surface area contributed by atoms with Crippen LogP contribution in [-0.4, -0.2) is 118 Å². The number of nitrogens with zero attached hydrogens (tertiary/aromatic N) is 2. The van der Waals surface area contributed by atoms with E-state index in [2.05, 4.69) is 12.5 Å². The van der Waals surface area contributed by atoms with Crippen LogP contribution in [0.5, 0.6) is 0 Å². The lowest BCUT2D eigenvalue weighted by Gasteiger charge is -2.44. The first-order valence-corrected chi connectivity index (χ1v) is 24.0. The van der Waals surface area contributed by atoms with Crippen LogP contribution in [0.15, 0.2) is 81.1 Å². The first-order valence-electron chi connectivity index (χ1n) is 24.0. The topological polar surface area (TPSA) is 194 Å². The number of hydrogen-bond donors (Lipinski definition) is 3. The lowest BCUT2D eigenvalue weighted by molar-refractivity contribution is -0.286. The summed E-state index contributed by atoms with van der Waals surface area (Å²) in [5.74, 6) is 0.609. The number of aliphatic hydroxyl groups is 3. The van der Waals surface area contributed by atoms with Crippen LogP contribution in [0.1, 0.15) is 121 Å². The predicted molar refractivity (Wildman–Crippen MR) is 252 cm³/mol. The molecule has 3 N–H and O–H groups in total. The zero-order valence-electron chi connectivity index (χ0n) is 40.2. The molecular formula is C53H70N2O13.